The molecule has 0 unspecified atom stereocenters. The number of halogens is 1. The number of aliphatic imine (C=N–C) groups is 1. The number of benzene rings is 1. The minimum atomic E-state index is 0.00982. The molecule has 0 saturated carbocycles. The van der Waals surface area contributed by atoms with E-state index >= 15 is 0 Å². The molecule has 3 atom stereocenters. The van der Waals surface area contributed by atoms with Gasteiger partial charge in [-0.15, -0.1) is 0 Å². The topological polar surface area (TPSA) is 33.4 Å². The molecule has 0 radical (unpaired) electrons. The van der Waals surface area contributed by atoms with Gasteiger partial charge in [-0.3, -0.25) is 9.98 Å². The first kappa shape index (κ1) is 19.7. The Morgan fingerprint density at radius 2 is 1.93 bits per heavy atom. The number of hydrogen-bond acceptors (Lipinski definition) is 4. The molecule has 6 heteroatoms. The van der Waals surface area contributed by atoms with E-state index in [2.05, 4.69) is 66.4 Å². The first-order valence-electron chi connectivity index (χ1n) is 10.3. The summed E-state index contributed by atoms with van der Waals surface area (Å²) in [6.07, 6.45) is 1.87. The van der Waals surface area contributed by atoms with E-state index in [1.165, 1.54) is 17.0 Å². The lowest BCUT2D eigenvalue weighted by atomic mass is 9.96. The number of pyridine rings is 1. The lowest BCUT2D eigenvalue weighted by Gasteiger charge is -2.27. The molecule has 4 heterocycles. The molecule has 2 aliphatic rings. The summed E-state index contributed by atoms with van der Waals surface area (Å²) in [7, 11) is 0. The van der Waals surface area contributed by atoms with E-state index in [9.17, 15) is 0 Å². The van der Waals surface area contributed by atoms with E-state index in [1.54, 1.807) is 0 Å². The molecular formula is C24H25ClN4S. The highest BCUT2D eigenvalue weighted by molar-refractivity contribution is 8.14. The number of aromatic nitrogens is 2. The van der Waals surface area contributed by atoms with Crippen molar-refractivity contribution in [1.29, 1.82) is 0 Å². The van der Waals surface area contributed by atoms with Crippen LogP contribution >= 0.6 is 23.4 Å². The molecule has 154 valence electrons. The summed E-state index contributed by atoms with van der Waals surface area (Å²) in [6, 6.07) is 14.7. The quantitative estimate of drug-likeness (QED) is 0.501. The van der Waals surface area contributed by atoms with Gasteiger partial charge in [0.1, 0.15) is 6.04 Å². The Labute approximate surface area is 187 Å². The van der Waals surface area contributed by atoms with Gasteiger partial charge in [-0.25, -0.2) is 0 Å². The van der Waals surface area contributed by atoms with Gasteiger partial charge in [-0.1, -0.05) is 42.4 Å². The van der Waals surface area contributed by atoms with Crippen molar-refractivity contribution >= 4 is 28.5 Å². The first-order valence-corrected chi connectivity index (χ1v) is 11.6. The van der Waals surface area contributed by atoms with E-state index in [1.807, 2.05) is 36.2 Å². The van der Waals surface area contributed by atoms with Crippen LogP contribution in [-0.4, -0.2) is 31.4 Å². The Morgan fingerprint density at radius 1 is 1.10 bits per heavy atom. The molecule has 2 aromatic heterocycles. The van der Waals surface area contributed by atoms with Crippen molar-refractivity contribution < 1.29 is 0 Å². The van der Waals surface area contributed by atoms with E-state index < -0.39 is 0 Å². The standard InChI is InChI=1S/C24H25ClN4S/c1-14-12-18(17(4)29(14)21-10-7-8-19(25)16(21)3)23-22(20-9-5-6-11-26-20)27-24-28(23)13-15(2)30-24/h5-12,15,22-23H,13H2,1-4H3/t15-,22-,23-/m1/s1. The molecule has 0 aliphatic carbocycles. The number of rotatable bonds is 3. The van der Waals surface area contributed by atoms with Crippen LogP contribution in [0.15, 0.2) is 53.7 Å². The van der Waals surface area contributed by atoms with Crippen molar-refractivity contribution in [3.05, 3.63) is 81.9 Å². The Bertz CT molecular complexity index is 1140. The van der Waals surface area contributed by atoms with E-state index in [4.69, 9.17) is 16.6 Å². The Morgan fingerprint density at radius 3 is 2.70 bits per heavy atom. The van der Waals surface area contributed by atoms with Crippen LogP contribution in [0.2, 0.25) is 5.02 Å². The van der Waals surface area contributed by atoms with Crippen LogP contribution in [0.5, 0.6) is 0 Å². The van der Waals surface area contributed by atoms with Crippen molar-refractivity contribution in [3.8, 4) is 5.69 Å². The Kier molecular flexibility index (Phi) is 4.91. The van der Waals surface area contributed by atoms with E-state index in [0.717, 1.165) is 33.7 Å². The van der Waals surface area contributed by atoms with Crippen LogP contribution in [0, 0.1) is 20.8 Å². The van der Waals surface area contributed by atoms with E-state index in [-0.39, 0.29) is 12.1 Å². The van der Waals surface area contributed by atoms with Crippen molar-refractivity contribution in [1.82, 2.24) is 14.5 Å². The summed E-state index contributed by atoms with van der Waals surface area (Å²) in [5, 5.41) is 2.49. The normalized spacial score (nSPS) is 23.0. The maximum atomic E-state index is 6.44. The third-order valence-corrected chi connectivity index (χ3v) is 7.66. The van der Waals surface area contributed by atoms with Crippen LogP contribution in [0.25, 0.3) is 5.69 Å². The van der Waals surface area contributed by atoms with Gasteiger partial charge in [0, 0.05) is 40.1 Å². The highest BCUT2D eigenvalue weighted by Gasteiger charge is 2.44. The molecule has 5 rings (SSSR count). The smallest absolute Gasteiger partial charge is 0.160 e. The van der Waals surface area contributed by atoms with Crippen LogP contribution in [0.3, 0.4) is 0 Å². The molecule has 0 amide bonds. The summed E-state index contributed by atoms with van der Waals surface area (Å²) in [6.45, 7) is 9.75. The highest BCUT2D eigenvalue weighted by atomic mass is 35.5. The summed E-state index contributed by atoms with van der Waals surface area (Å²) >= 11 is 8.32. The zero-order valence-electron chi connectivity index (χ0n) is 17.6. The second kappa shape index (κ2) is 7.47. The van der Waals surface area contributed by atoms with Gasteiger partial charge in [0.2, 0.25) is 0 Å². The summed E-state index contributed by atoms with van der Waals surface area (Å²) in [5.41, 5.74) is 7.03. The molecule has 2 aliphatic heterocycles. The second-order valence-electron chi connectivity index (χ2n) is 8.18. The molecule has 1 saturated heterocycles. The molecular weight excluding hydrogens is 412 g/mol. The maximum Gasteiger partial charge on any atom is 0.160 e. The molecule has 0 bridgehead atoms. The van der Waals surface area contributed by atoms with Crippen molar-refractivity contribution in [2.24, 2.45) is 4.99 Å². The number of hydrogen-bond donors (Lipinski definition) is 0. The van der Waals surface area contributed by atoms with Gasteiger partial charge in [-0.05, 0) is 62.2 Å². The molecule has 0 N–H and O–H groups in total. The summed E-state index contributed by atoms with van der Waals surface area (Å²) in [5.74, 6) is 0. The minimum Gasteiger partial charge on any atom is -0.341 e. The van der Waals surface area contributed by atoms with Gasteiger partial charge in [0.25, 0.3) is 0 Å². The zero-order chi connectivity index (χ0) is 21.0. The summed E-state index contributed by atoms with van der Waals surface area (Å²) in [4.78, 5) is 12.3. The lowest BCUT2D eigenvalue weighted by Crippen LogP contribution is -2.28. The molecule has 3 aromatic rings. The van der Waals surface area contributed by atoms with Gasteiger partial charge >= 0.3 is 0 Å². The number of amidine groups is 1. The van der Waals surface area contributed by atoms with Gasteiger partial charge in [0.15, 0.2) is 5.17 Å². The van der Waals surface area contributed by atoms with Crippen LogP contribution < -0.4 is 0 Å². The van der Waals surface area contributed by atoms with Crippen LogP contribution in [-0.2, 0) is 0 Å². The molecule has 0 spiro atoms. The fraction of sp³-hybridized carbons (Fsp3) is 0.333. The lowest BCUT2D eigenvalue weighted by molar-refractivity contribution is 0.320. The Balaban J connectivity index is 1.65. The maximum absolute atomic E-state index is 6.44. The molecule has 30 heavy (non-hydrogen) atoms. The number of nitrogens with zero attached hydrogens (tertiary/aromatic N) is 4. The van der Waals surface area contributed by atoms with E-state index in [0.29, 0.717) is 5.25 Å². The summed E-state index contributed by atoms with van der Waals surface area (Å²) < 4.78 is 2.33. The fourth-order valence-electron chi connectivity index (χ4n) is 4.75. The molecule has 1 fully saturated rings. The second-order valence-corrected chi connectivity index (χ2v) is 10.00. The van der Waals surface area contributed by atoms with Crippen molar-refractivity contribution in [2.45, 2.75) is 45.0 Å². The number of thioether (sulfide) groups is 1. The zero-order valence-corrected chi connectivity index (χ0v) is 19.2. The minimum absolute atomic E-state index is 0.00982. The Hall–Kier alpha value is -2.24. The average Bonchev–Trinajstić information content (AvgIpc) is 3.35. The predicted molar refractivity (Wildman–Crippen MR) is 126 cm³/mol. The molecule has 4 nitrogen and oxygen atoms in total. The van der Waals surface area contributed by atoms with Gasteiger partial charge in [-0.2, -0.15) is 0 Å². The van der Waals surface area contributed by atoms with Crippen molar-refractivity contribution in [3.63, 3.8) is 0 Å². The largest absolute Gasteiger partial charge is 0.341 e. The third kappa shape index (κ3) is 3.07. The monoisotopic (exact) mass is 436 g/mol. The van der Waals surface area contributed by atoms with Crippen LogP contribution in [0.1, 0.15) is 47.2 Å². The van der Waals surface area contributed by atoms with Gasteiger partial charge in [0.05, 0.1) is 11.7 Å². The number of aryl methyl sites for hydroxylation is 1. The predicted octanol–water partition coefficient (Wildman–Crippen LogP) is 6.04. The fourth-order valence-corrected chi connectivity index (χ4v) is 6.01. The first-order chi connectivity index (χ1) is 14.5. The third-order valence-electron chi connectivity index (χ3n) is 6.15. The highest BCUT2D eigenvalue weighted by Crippen LogP contribution is 2.49. The van der Waals surface area contributed by atoms with Gasteiger partial charge < -0.3 is 9.47 Å². The number of fused-ring (bicyclic) bond motifs is 1. The average molecular weight is 437 g/mol. The SMILES string of the molecule is Cc1c(Cl)cccc1-n1c(C)cc([C@@H]2[C@@H](c3ccccn3)N=C3S[C@H](C)CN32)c1C. The van der Waals surface area contributed by atoms with Crippen LogP contribution in [0.4, 0.5) is 0 Å². The van der Waals surface area contributed by atoms with Crippen molar-refractivity contribution in [2.75, 3.05) is 6.54 Å². The molecule has 1 aromatic carbocycles.